The van der Waals surface area contributed by atoms with E-state index in [2.05, 4.69) is 5.32 Å². The molecule has 4 nitrogen and oxygen atoms in total. The van der Waals surface area contributed by atoms with Gasteiger partial charge >= 0.3 is 5.97 Å². The van der Waals surface area contributed by atoms with Gasteiger partial charge in [-0.1, -0.05) is 35.9 Å². The van der Waals surface area contributed by atoms with Gasteiger partial charge in [0.25, 0.3) is 0 Å². The number of carbonyl (C=O) groups excluding carboxylic acids is 1. The molecule has 0 aliphatic heterocycles. The van der Waals surface area contributed by atoms with Crippen LogP contribution in [-0.4, -0.2) is 23.0 Å². The third-order valence-corrected chi connectivity index (χ3v) is 2.32. The molecule has 1 amide bonds. The smallest absolute Gasteiger partial charge is 0.326 e. The molecule has 2 N–H and O–H groups in total. The zero-order chi connectivity index (χ0) is 13.5. The van der Waals surface area contributed by atoms with Gasteiger partial charge in [-0.05, 0) is 19.4 Å². The third-order valence-electron chi connectivity index (χ3n) is 2.32. The second kappa shape index (κ2) is 6.59. The first-order valence-corrected chi connectivity index (χ1v) is 5.71. The summed E-state index contributed by atoms with van der Waals surface area (Å²) < 4.78 is 0. The Hall–Kier alpha value is -2.10. The molecule has 0 bridgehead atoms. The summed E-state index contributed by atoms with van der Waals surface area (Å²) in [6.07, 6.45) is 1.67. The van der Waals surface area contributed by atoms with E-state index in [0.717, 1.165) is 11.1 Å². The molecule has 0 aromatic heterocycles. The molecule has 1 unspecified atom stereocenters. The van der Waals surface area contributed by atoms with Gasteiger partial charge in [-0.15, -0.1) is 0 Å². The Bertz CT molecular complexity index is 447. The number of hydrogen-bond donors (Lipinski definition) is 2. The molecule has 0 aliphatic rings. The molecule has 18 heavy (non-hydrogen) atoms. The van der Waals surface area contributed by atoms with Crippen molar-refractivity contribution < 1.29 is 14.7 Å². The monoisotopic (exact) mass is 247 g/mol. The maximum Gasteiger partial charge on any atom is 0.326 e. The van der Waals surface area contributed by atoms with Crippen LogP contribution in [0.2, 0.25) is 0 Å². The Morgan fingerprint density at radius 2 is 1.89 bits per heavy atom. The Kier molecular flexibility index (Phi) is 5.11. The largest absolute Gasteiger partial charge is 0.480 e. The predicted molar refractivity (Wildman–Crippen MR) is 69.1 cm³/mol. The molecular formula is C14H17NO3. The van der Waals surface area contributed by atoms with Crippen LogP contribution in [0.4, 0.5) is 0 Å². The molecule has 1 rings (SSSR count). The molecule has 96 valence electrons. The summed E-state index contributed by atoms with van der Waals surface area (Å²) in [4.78, 5) is 22.6. The van der Waals surface area contributed by atoms with Gasteiger partial charge in [0.1, 0.15) is 6.04 Å². The summed E-state index contributed by atoms with van der Waals surface area (Å²) in [5.41, 5.74) is 1.71. The van der Waals surface area contributed by atoms with Crippen LogP contribution in [0.15, 0.2) is 42.0 Å². The summed E-state index contributed by atoms with van der Waals surface area (Å²) in [5, 5.41) is 11.6. The zero-order valence-electron chi connectivity index (χ0n) is 10.5. The van der Waals surface area contributed by atoms with E-state index in [-0.39, 0.29) is 12.3 Å². The number of aliphatic carboxylic acids is 1. The van der Waals surface area contributed by atoms with Crippen LogP contribution in [-0.2, 0) is 16.0 Å². The molecule has 0 fully saturated rings. The first-order valence-electron chi connectivity index (χ1n) is 5.71. The summed E-state index contributed by atoms with van der Waals surface area (Å²) >= 11 is 0. The second-order valence-electron chi connectivity index (χ2n) is 4.31. The number of carboxylic acid groups (broad SMARTS) is 1. The number of rotatable bonds is 5. The van der Waals surface area contributed by atoms with Crippen LogP contribution in [0.1, 0.15) is 19.4 Å². The van der Waals surface area contributed by atoms with E-state index in [9.17, 15) is 9.59 Å². The van der Waals surface area contributed by atoms with E-state index >= 15 is 0 Å². The summed E-state index contributed by atoms with van der Waals surface area (Å²) in [6.45, 7) is 3.57. The van der Waals surface area contributed by atoms with E-state index in [1.165, 1.54) is 6.08 Å². The highest BCUT2D eigenvalue weighted by Gasteiger charge is 2.19. The molecule has 0 saturated heterocycles. The molecule has 0 aliphatic carbocycles. The molecule has 0 heterocycles. The van der Waals surface area contributed by atoms with Crippen LogP contribution in [0.3, 0.4) is 0 Å². The summed E-state index contributed by atoms with van der Waals surface area (Å²) in [7, 11) is 0. The Morgan fingerprint density at radius 1 is 1.28 bits per heavy atom. The van der Waals surface area contributed by atoms with Crippen LogP contribution in [0, 0.1) is 0 Å². The fourth-order valence-corrected chi connectivity index (χ4v) is 1.53. The first-order chi connectivity index (χ1) is 8.49. The first kappa shape index (κ1) is 14.0. The Labute approximate surface area is 106 Å². The van der Waals surface area contributed by atoms with Gasteiger partial charge in [0.2, 0.25) is 5.91 Å². The molecule has 0 radical (unpaired) electrons. The maximum absolute atomic E-state index is 11.5. The number of benzene rings is 1. The normalized spacial score (nSPS) is 11.4. The number of carbonyl (C=O) groups is 2. The fraction of sp³-hybridized carbons (Fsp3) is 0.286. The number of hydrogen-bond acceptors (Lipinski definition) is 2. The fourth-order valence-electron chi connectivity index (χ4n) is 1.53. The van der Waals surface area contributed by atoms with E-state index in [1.807, 2.05) is 30.3 Å². The van der Waals surface area contributed by atoms with Crippen LogP contribution in [0.25, 0.3) is 0 Å². The van der Waals surface area contributed by atoms with Crippen LogP contribution < -0.4 is 5.32 Å². The minimum atomic E-state index is -1.03. The highest BCUT2D eigenvalue weighted by Crippen LogP contribution is 2.03. The van der Waals surface area contributed by atoms with Crippen molar-refractivity contribution in [2.75, 3.05) is 0 Å². The average molecular weight is 247 g/mol. The SMILES string of the molecule is CC(C)=CC(=O)NC(Cc1ccccc1)C(=O)O. The minimum Gasteiger partial charge on any atom is -0.480 e. The summed E-state index contributed by atoms with van der Waals surface area (Å²) in [5.74, 6) is -1.41. The van der Waals surface area contributed by atoms with Crippen molar-refractivity contribution in [2.45, 2.75) is 26.3 Å². The molecule has 0 saturated carbocycles. The van der Waals surface area contributed by atoms with Gasteiger partial charge in [-0.25, -0.2) is 4.79 Å². The van der Waals surface area contributed by atoms with Crippen molar-refractivity contribution >= 4 is 11.9 Å². The van der Waals surface area contributed by atoms with Gasteiger partial charge in [0, 0.05) is 12.5 Å². The summed E-state index contributed by atoms with van der Waals surface area (Å²) in [6, 6.07) is 8.31. The topological polar surface area (TPSA) is 66.4 Å². The standard InChI is InChI=1S/C14H17NO3/c1-10(2)8-13(16)15-12(14(17)18)9-11-6-4-3-5-7-11/h3-8,12H,9H2,1-2H3,(H,15,16)(H,17,18). The van der Waals surface area contributed by atoms with Crippen molar-refractivity contribution in [3.05, 3.63) is 47.5 Å². The van der Waals surface area contributed by atoms with Gasteiger partial charge in [-0.2, -0.15) is 0 Å². The van der Waals surface area contributed by atoms with Gasteiger partial charge in [0.15, 0.2) is 0 Å². The lowest BCUT2D eigenvalue weighted by atomic mass is 10.1. The quantitative estimate of drug-likeness (QED) is 0.779. The lowest BCUT2D eigenvalue weighted by molar-refractivity contribution is -0.141. The van der Waals surface area contributed by atoms with E-state index in [4.69, 9.17) is 5.11 Å². The van der Waals surface area contributed by atoms with E-state index < -0.39 is 12.0 Å². The van der Waals surface area contributed by atoms with Gasteiger partial charge in [-0.3, -0.25) is 4.79 Å². The number of carboxylic acids is 1. The van der Waals surface area contributed by atoms with Crippen molar-refractivity contribution in [1.82, 2.24) is 5.32 Å². The van der Waals surface area contributed by atoms with Crippen molar-refractivity contribution in [2.24, 2.45) is 0 Å². The lowest BCUT2D eigenvalue weighted by Crippen LogP contribution is -2.41. The Balaban J connectivity index is 2.70. The maximum atomic E-state index is 11.5. The second-order valence-corrected chi connectivity index (χ2v) is 4.31. The minimum absolute atomic E-state index is 0.276. The zero-order valence-corrected chi connectivity index (χ0v) is 10.5. The average Bonchev–Trinajstić information content (AvgIpc) is 2.28. The van der Waals surface area contributed by atoms with E-state index in [1.54, 1.807) is 13.8 Å². The molecule has 4 heteroatoms. The van der Waals surface area contributed by atoms with E-state index in [0.29, 0.717) is 0 Å². The van der Waals surface area contributed by atoms with Crippen LogP contribution in [0.5, 0.6) is 0 Å². The molecule has 1 aromatic carbocycles. The van der Waals surface area contributed by atoms with Gasteiger partial charge in [0.05, 0.1) is 0 Å². The van der Waals surface area contributed by atoms with Crippen LogP contribution >= 0.6 is 0 Å². The number of amides is 1. The predicted octanol–water partition coefficient (Wildman–Crippen LogP) is 1.76. The molecule has 1 aromatic rings. The highest BCUT2D eigenvalue weighted by atomic mass is 16.4. The molecule has 1 atom stereocenters. The number of nitrogens with one attached hydrogen (secondary N) is 1. The molecule has 0 spiro atoms. The highest BCUT2D eigenvalue weighted by molar-refractivity contribution is 5.91. The molecular weight excluding hydrogens is 230 g/mol. The van der Waals surface area contributed by atoms with Crippen molar-refractivity contribution in [3.8, 4) is 0 Å². The third kappa shape index (κ3) is 4.82. The van der Waals surface area contributed by atoms with Gasteiger partial charge < -0.3 is 10.4 Å². The Morgan fingerprint density at radius 3 is 2.39 bits per heavy atom. The number of allylic oxidation sites excluding steroid dienone is 1. The van der Waals surface area contributed by atoms with Crippen molar-refractivity contribution in [1.29, 1.82) is 0 Å². The van der Waals surface area contributed by atoms with Crippen molar-refractivity contribution in [3.63, 3.8) is 0 Å². The lowest BCUT2D eigenvalue weighted by Gasteiger charge is -2.13.